The Morgan fingerprint density at radius 1 is 1.07 bits per heavy atom. The number of carbonyl (C=O) groups excluding carboxylic acids is 1. The molecule has 1 amide bonds. The summed E-state index contributed by atoms with van der Waals surface area (Å²) in [6.45, 7) is 8.89. The summed E-state index contributed by atoms with van der Waals surface area (Å²) in [5.41, 5.74) is 5.53. The van der Waals surface area contributed by atoms with Crippen LogP contribution in [0.25, 0.3) is 0 Å². The molecule has 3 rings (SSSR count). The van der Waals surface area contributed by atoms with Crippen molar-refractivity contribution in [2.24, 2.45) is 5.92 Å². The zero-order valence-electron chi connectivity index (χ0n) is 16.9. The van der Waals surface area contributed by atoms with Crippen molar-refractivity contribution in [3.8, 4) is 0 Å². The van der Waals surface area contributed by atoms with E-state index in [9.17, 15) is 4.79 Å². The average Bonchev–Trinajstić information content (AvgIpc) is 2.93. The van der Waals surface area contributed by atoms with E-state index >= 15 is 0 Å². The molecular formula is C23H30ClN3O. The highest BCUT2D eigenvalue weighted by Crippen LogP contribution is 2.31. The second-order valence-electron chi connectivity index (χ2n) is 7.87. The van der Waals surface area contributed by atoms with Gasteiger partial charge in [0.25, 0.3) is 5.91 Å². The Balaban J connectivity index is 1.67. The van der Waals surface area contributed by atoms with Gasteiger partial charge in [0.05, 0.1) is 10.7 Å². The maximum Gasteiger partial charge on any atom is 0.251 e. The van der Waals surface area contributed by atoms with Crippen molar-refractivity contribution < 1.29 is 4.79 Å². The molecule has 0 aromatic heterocycles. The molecule has 150 valence electrons. The number of rotatable bonds is 6. The predicted octanol–water partition coefficient (Wildman–Crippen LogP) is 4.41. The van der Waals surface area contributed by atoms with Gasteiger partial charge in [0, 0.05) is 18.2 Å². The minimum Gasteiger partial charge on any atom is -0.380 e. The summed E-state index contributed by atoms with van der Waals surface area (Å²) in [6.07, 6.45) is 2.01. The minimum atomic E-state index is -0.0235. The monoisotopic (exact) mass is 399 g/mol. The maximum absolute atomic E-state index is 12.3. The van der Waals surface area contributed by atoms with E-state index in [-0.39, 0.29) is 11.9 Å². The third-order valence-electron chi connectivity index (χ3n) is 5.53. The van der Waals surface area contributed by atoms with Crippen LogP contribution in [0.5, 0.6) is 0 Å². The smallest absolute Gasteiger partial charge is 0.251 e. The lowest BCUT2D eigenvalue weighted by molar-refractivity contribution is 0.0930. The van der Waals surface area contributed by atoms with E-state index in [0.29, 0.717) is 18.0 Å². The van der Waals surface area contributed by atoms with Crippen LogP contribution in [-0.2, 0) is 19.4 Å². The quantitative estimate of drug-likeness (QED) is 0.674. The Bertz CT molecular complexity index is 817. The van der Waals surface area contributed by atoms with Crippen LogP contribution >= 0.6 is 11.6 Å². The highest BCUT2D eigenvalue weighted by atomic mass is 35.5. The first-order valence-corrected chi connectivity index (χ1v) is 10.5. The molecule has 0 spiro atoms. The molecule has 1 heterocycles. The largest absolute Gasteiger partial charge is 0.380 e. The maximum atomic E-state index is 12.3. The first-order chi connectivity index (χ1) is 13.5. The second-order valence-corrected chi connectivity index (χ2v) is 8.27. The molecule has 0 radical (unpaired) electrons. The average molecular weight is 400 g/mol. The number of nitrogens with one attached hydrogen (secondary N) is 3. The van der Waals surface area contributed by atoms with Crippen molar-refractivity contribution in [2.45, 2.75) is 46.2 Å². The third-order valence-corrected chi connectivity index (χ3v) is 5.84. The van der Waals surface area contributed by atoms with Crippen LogP contribution in [0.3, 0.4) is 0 Å². The molecule has 28 heavy (non-hydrogen) atoms. The number of amides is 1. The zero-order chi connectivity index (χ0) is 20.1. The SMILES string of the molecule is CC(C)C(C)NC(=O)c1ccc(CNc2c(Cl)ccc3c2CCNCC3)cc1. The molecule has 2 aromatic rings. The number of benzene rings is 2. The molecule has 4 nitrogen and oxygen atoms in total. The fourth-order valence-corrected chi connectivity index (χ4v) is 3.60. The van der Waals surface area contributed by atoms with Crippen LogP contribution in [0.1, 0.15) is 47.8 Å². The third kappa shape index (κ3) is 5.06. The molecule has 5 heteroatoms. The number of anilines is 1. The van der Waals surface area contributed by atoms with Crippen LogP contribution < -0.4 is 16.0 Å². The first-order valence-electron chi connectivity index (χ1n) is 10.1. The van der Waals surface area contributed by atoms with Crippen LogP contribution in [-0.4, -0.2) is 25.0 Å². The Morgan fingerprint density at radius 2 is 1.79 bits per heavy atom. The highest BCUT2D eigenvalue weighted by molar-refractivity contribution is 6.33. The molecule has 2 aromatic carbocycles. The van der Waals surface area contributed by atoms with E-state index in [4.69, 9.17) is 11.6 Å². The predicted molar refractivity (Wildman–Crippen MR) is 117 cm³/mol. The molecule has 1 aliphatic rings. The molecular weight excluding hydrogens is 370 g/mol. The second kappa shape index (κ2) is 9.44. The van der Waals surface area contributed by atoms with Gasteiger partial charge in [-0.3, -0.25) is 4.79 Å². The summed E-state index contributed by atoms with van der Waals surface area (Å²) in [5.74, 6) is 0.387. The van der Waals surface area contributed by atoms with Crippen LogP contribution in [0, 0.1) is 5.92 Å². The lowest BCUT2D eigenvalue weighted by Crippen LogP contribution is -2.36. The number of fused-ring (bicyclic) bond motifs is 1. The van der Waals surface area contributed by atoms with Crippen LogP contribution in [0.2, 0.25) is 5.02 Å². The van der Waals surface area contributed by atoms with E-state index in [1.807, 2.05) is 37.3 Å². The Kier molecular flexibility index (Phi) is 6.97. The van der Waals surface area contributed by atoms with E-state index in [1.165, 1.54) is 11.1 Å². The lowest BCUT2D eigenvalue weighted by Gasteiger charge is -2.18. The van der Waals surface area contributed by atoms with Gasteiger partial charge in [-0.25, -0.2) is 0 Å². The summed E-state index contributed by atoms with van der Waals surface area (Å²) in [7, 11) is 0. The fraction of sp³-hybridized carbons (Fsp3) is 0.435. The fourth-order valence-electron chi connectivity index (χ4n) is 3.36. The molecule has 3 N–H and O–H groups in total. The van der Waals surface area contributed by atoms with Gasteiger partial charge in [0.2, 0.25) is 0 Å². The normalized spacial score (nSPS) is 14.9. The van der Waals surface area contributed by atoms with Crippen molar-refractivity contribution >= 4 is 23.2 Å². The zero-order valence-corrected chi connectivity index (χ0v) is 17.7. The Labute approximate surface area is 173 Å². The van der Waals surface area contributed by atoms with Crippen molar-refractivity contribution in [3.05, 3.63) is 63.7 Å². The Hall–Kier alpha value is -2.04. The van der Waals surface area contributed by atoms with Crippen molar-refractivity contribution in [1.82, 2.24) is 10.6 Å². The topological polar surface area (TPSA) is 53.2 Å². The molecule has 0 fully saturated rings. The van der Waals surface area contributed by atoms with Gasteiger partial charge in [-0.05, 0) is 73.7 Å². The minimum absolute atomic E-state index is 0.0235. The highest BCUT2D eigenvalue weighted by Gasteiger charge is 2.15. The molecule has 0 bridgehead atoms. The van der Waals surface area contributed by atoms with Gasteiger partial charge in [-0.15, -0.1) is 0 Å². The van der Waals surface area contributed by atoms with Gasteiger partial charge in [0.1, 0.15) is 0 Å². The summed E-state index contributed by atoms with van der Waals surface area (Å²) >= 11 is 6.49. The summed E-state index contributed by atoms with van der Waals surface area (Å²) < 4.78 is 0. The molecule has 1 atom stereocenters. The van der Waals surface area contributed by atoms with Gasteiger partial charge < -0.3 is 16.0 Å². The van der Waals surface area contributed by atoms with Gasteiger partial charge in [-0.2, -0.15) is 0 Å². The van der Waals surface area contributed by atoms with Crippen molar-refractivity contribution in [1.29, 1.82) is 0 Å². The van der Waals surface area contributed by atoms with Gasteiger partial charge in [0.15, 0.2) is 0 Å². The lowest BCUT2D eigenvalue weighted by atomic mass is 10.0. The van der Waals surface area contributed by atoms with Crippen LogP contribution in [0.4, 0.5) is 5.69 Å². The molecule has 0 aliphatic carbocycles. The number of carbonyl (C=O) groups is 1. The van der Waals surface area contributed by atoms with Gasteiger partial charge in [-0.1, -0.05) is 43.6 Å². The van der Waals surface area contributed by atoms with E-state index in [0.717, 1.165) is 42.2 Å². The summed E-state index contributed by atoms with van der Waals surface area (Å²) in [6, 6.07) is 12.0. The van der Waals surface area contributed by atoms with Crippen molar-refractivity contribution in [2.75, 3.05) is 18.4 Å². The first kappa shape index (κ1) is 20.7. The molecule has 1 aliphatic heterocycles. The summed E-state index contributed by atoms with van der Waals surface area (Å²) in [4.78, 5) is 12.3. The number of halogens is 1. The molecule has 0 saturated carbocycles. The number of hydrogen-bond acceptors (Lipinski definition) is 3. The summed E-state index contributed by atoms with van der Waals surface area (Å²) in [5, 5.41) is 10.8. The van der Waals surface area contributed by atoms with E-state index in [1.54, 1.807) is 0 Å². The number of hydrogen-bond donors (Lipinski definition) is 3. The van der Waals surface area contributed by atoms with Crippen LogP contribution in [0.15, 0.2) is 36.4 Å². The standard InChI is InChI=1S/C23H30ClN3O/c1-15(2)16(3)27-23(28)19-6-4-17(5-7-19)14-26-22-20-11-13-25-12-10-18(20)8-9-21(22)24/h4-9,15-16,25-26H,10-14H2,1-3H3,(H,27,28). The van der Waals surface area contributed by atoms with Crippen molar-refractivity contribution in [3.63, 3.8) is 0 Å². The Morgan fingerprint density at radius 3 is 2.50 bits per heavy atom. The molecule has 1 unspecified atom stereocenters. The van der Waals surface area contributed by atoms with E-state index in [2.05, 4.69) is 35.9 Å². The molecule has 0 saturated heterocycles. The van der Waals surface area contributed by atoms with E-state index < -0.39 is 0 Å². The van der Waals surface area contributed by atoms with Gasteiger partial charge >= 0.3 is 0 Å².